The molecule has 20 heavy (non-hydrogen) atoms. The van der Waals surface area contributed by atoms with Gasteiger partial charge in [-0.1, -0.05) is 12.5 Å². The molecule has 1 aliphatic rings. The van der Waals surface area contributed by atoms with Gasteiger partial charge in [-0.25, -0.2) is 4.98 Å². The largest absolute Gasteiger partial charge is 0.370 e. The average molecular weight is 276 g/mol. The van der Waals surface area contributed by atoms with E-state index in [-0.39, 0.29) is 11.9 Å². The third-order valence-corrected chi connectivity index (χ3v) is 3.77. The van der Waals surface area contributed by atoms with Gasteiger partial charge in [-0.2, -0.15) is 0 Å². The van der Waals surface area contributed by atoms with Gasteiger partial charge in [0.25, 0.3) is 0 Å². The number of anilines is 1. The highest BCUT2D eigenvalue weighted by atomic mass is 16.2. The lowest BCUT2D eigenvalue weighted by Gasteiger charge is -2.34. The third-order valence-electron chi connectivity index (χ3n) is 3.77. The SMILES string of the molecule is CCNc1ncccc1CN1CCCCC1C(=O)NC. The molecule has 0 saturated carbocycles. The van der Waals surface area contributed by atoms with Crippen molar-refractivity contribution in [3.8, 4) is 0 Å². The fourth-order valence-electron chi connectivity index (χ4n) is 2.76. The molecule has 2 N–H and O–H groups in total. The van der Waals surface area contributed by atoms with Gasteiger partial charge in [-0.05, 0) is 32.4 Å². The number of hydrogen-bond donors (Lipinski definition) is 2. The second kappa shape index (κ2) is 7.24. The molecule has 1 atom stereocenters. The van der Waals surface area contributed by atoms with Crippen molar-refractivity contribution in [2.24, 2.45) is 0 Å². The quantitative estimate of drug-likeness (QED) is 0.858. The highest BCUT2D eigenvalue weighted by Crippen LogP contribution is 2.22. The summed E-state index contributed by atoms with van der Waals surface area (Å²) in [5.74, 6) is 1.05. The number of aromatic nitrogens is 1. The number of piperidine rings is 1. The van der Waals surface area contributed by atoms with Crippen LogP contribution in [0.1, 0.15) is 31.7 Å². The van der Waals surface area contributed by atoms with Crippen molar-refractivity contribution in [2.45, 2.75) is 38.8 Å². The van der Waals surface area contributed by atoms with Crippen LogP contribution in [0.15, 0.2) is 18.3 Å². The van der Waals surface area contributed by atoms with Crippen LogP contribution < -0.4 is 10.6 Å². The van der Waals surface area contributed by atoms with E-state index in [1.54, 1.807) is 13.2 Å². The maximum atomic E-state index is 12.0. The van der Waals surface area contributed by atoms with E-state index in [1.165, 1.54) is 0 Å². The summed E-state index contributed by atoms with van der Waals surface area (Å²) in [7, 11) is 1.71. The molecule has 2 rings (SSSR count). The minimum atomic E-state index is -0.0107. The van der Waals surface area contributed by atoms with Crippen LogP contribution in [-0.4, -0.2) is 42.0 Å². The van der Waals surface area contributed by atoms with Gasteiger partial charge in [0.05, 0.1) is 6.04 Å². The van der Waals surface area contributed by atoms with E-state index in [1.807, 2.05) is 6.07 Å². The zero-order chi connectivity index (χ0) is 14.4. The first-order chi connectivity index (χ1) is 9.76. The van der Waals surface area contributed by atoms with E-state index in [9.17, 15) is 4.79 Å². The lowest BCUT2D eigenvalue weighted by Crippen LogP contribution is -2.48. The molecule has 1 saturated heterocycles. The Morgan fingerprint density at radius 2 is 2.35 bits per heavy atom. The number of amides is 1. The molecule has 5 nitrogen and oxygen atoms in total. The highest BCUT2D eigenvalue weighted by molar-refractivity contribution is 5.81. The Morgan fingerprint density at radius 3 is 3.10 bits per heavy atom. The van der Waals surface area contributed by atoms with Crippen molar-refractivity contribution in [3.63, 3.8) is 0 Å². The Hall–Kier alpha value is -1.62. The average Bonchev–Trinajstić information content (AvgIpc) is 2.49. The Bertz CT molecular complexity index is 449. The zero-order valence-electron chi connectivity index (χ0n) is 12.4. The number of likely N-dealkylation sites (tertiary alicyclic amines) is 1. The molecule has 1 unspecified atom stereocenters. The minimum absolute atomic E-state index is 0.0107. The van der Waals surface area contributed by atoms with Crippen LogP contribution in [0.25, 0.3) is 0 Å². The van der Waals surface area contributed by atoms with Gasteiger partial charge in [-0.15, -0.1) is 0 Å². The Kier molecular flexibility index (Phi) is 5.35. The second-order valence-electron chi connectivity index (χ2n) is 5.14. The first-order valence-corrected chi connectivity index (χ1v) is 7.39. The molecule has 0 spiro atoms. The lowest BCUT2D eigenvalue weighted by molar-refractivity contribution is -0.127. The Labute approximate surface area is 120 Å². The molecule has 1 aromatic rings. The lowest BCUT2D eigenvalue weighted by atomic mass is 10.0. The number of nitrogens with zero attached hydrogens (tertiary/aromatic N) is 2. The van der Waals surface area contributed by atoms with Crippen molar-refractivity contribution >= 4 is 11.7 Å². The molecule has 110 valence electrons. The number of carbonyl (C=O) groups is 1. The van der Waals surface area contributed by atoms with Crippen molar-refractivity contribution in [1.82, 2.24) is 15.2 Å². The Balaban J connectivity index is 2.12. The van der Waals surface area contributed by atoms with Crippen molar-refractivity contribution in [3.05, 3.63) is 23.9 Å². The number of pyridine rings is 1. The predicted octanol–water partition coefficient (Wildman–Crippen LogP) is 1.61. The molecule has 0 bridgehead atoms. The molecular weight excluding hydrogens is 252 g/mol. The topological polar surface area (TPSA) is 57.3 Å². The van der Waals surface area contributed by atoms with E-state index >= 15 is 0 Å². The van der Waals surface area contributed by atoms with Gasteiger partial charge in [0.2, 0.25) is 5.91 Å². The maximum Gasteiger partial charge on any atom is 0.237 e. The predicted molar refractivity (Wildman–Crippen MR) is 80.5 cm³/mol. The maximum absolute atomic E-state index is 12.0. The van der Waals surface area contributed by atoms with Gasteiger partial charge < -0.3 is 10.6 Å². The van der Waals surface area contributed by atoms with Gasteiger partial charge in [0.15, 0.2) is 0 Å². The summed E-state index contributed by atoms with van der Waals surface area (Å²) in [6, 6.07) is 4.03. The van der Waals surface area contributed by atoms with Crippen LogP contribution in [0.4, 0.5) is 5.82 Å². The smallest absolute Gasteiger partial charge is 0.237 e. The van der Waals surface area contributed by atoms with Gasteiger partial charge in [-0.3, -0.25) is 9.69 Å². The molecule has 1 amide bonds. The van der Waals surface area contributed by atoms with Crippen LogP contribution in [0.2, 0.25) is 0 Å². The van der Waals surface area contributed by atoms with Gasteiger partial charge in [0, 0.05) is 31.9 Å². The molecule has 2 heterocycles. The summed E-state index contributed by atoms with van der Waals surface area (Å²) in [6.45, 7) is 4.66. The monoisotopic (exact) mass is 276 g/mol. The number of carbonyl (C=O) groups excluding carboxylic acids is 1. The Morgan fingerprint density at radius 1 is 1.50 bits per heavy atom. The van der Waals surface area contributed by atoms with Crippen molar-refractivity contribution < 1.29 is 4.79 Å². The first kappa shape index (κ1) is 14.8. The molecule has 1 aliphatic heterocycles. The van der Waals surface area contributed by atoms with Crippen LogP contribution in [0, 0.1) is 0 Å². The number of likely N-dealkylation sites (N-methyl/N-ethyl adjacent to an activating group) is 1. The summed E-state index contributed by atoms with van der Waals surface area (Å²) in [4.78, 5) is 18.6. The highest BCUT2D eigenvalue weighted by Gasteiger charge is 2.28. The minimum Gasteiger partial charge on any atom is -0.370 e. The first-order valence-electron chi connectivity index (χ1n) is 7.39. The molecule has 0 radical (unpaired) electrons. The third kappa shape index (κ3) is 3.48. The summed E-state index contributed by atoms with van der Waals surface area (Å²) in [6.07, 6.45) is 5.02. The van der Waals surface area contributed by atoms with Crippen molar-refractivity contribution in [2.75, 3.05) is 25.5 Å². The molecule has 5 heteroatoms. The summed E-state index contributed by atoms with van der Waals surface area (Å²) < 4.78 is 0. The number of nitrogens with one attached hydrogen (secondary N) is 2. The standard InChI is InChI=1S/C15H24N4O/c1-3-17-14-12(7-6-9-18-14)11-19-10-5-4-8-13(19)15(20)16-2/h6-7,9,13H,3-5,8,10-11H2,1-2H3,(H,16,20)(H,17,18). The summed E-state index contributed by atoms with van der Waals surface area (Å²) in [5.41, 5.74) is 1.16. The molecule has 1 fully saturated rings. The summed E-state index contributed by atoms with van der Waals surface area (Å²) in [5, 5.41) is 6.06. The molecule has 0 aromatic carbocycles. The van der Waals surface area contributed by atoms with Gasteiger partial charge in [0.1, 0.15) is 5.82 Å². The summed E-state index contributed by atoms with van der Waals surface area (Å²) >= 11 is 0. The van der Waals surface area contributed by atoms with Crippen molar-refractivity contribution in [1.29, 1.82) is 0 Å². The fraction of sp³-hybridized carbons (Fsp3) is 0.600. The van der Waals surface area contributed by atoms with Crippen LogP contribution in [0.5, 0.6) is 0 Å². The van der Waals surface area contributed by atoms with E-state index in [0.29, 0.717) is 0 Å². The molecule has 0 aliphatic carbocycles. The van der Waals surface area contributed by atoms with Crippen LogP contribution >= 0.6 is 0 Å². The van der Waals surface area contributed by atoms with E-state index < -0.39 is 0 Å². The van der Waals surface area contributed by atoms with Crippen LogP contribution in [0.3, 0.4) is 0 Å². The number of hydrogen-bond acceptors (Lipinski definition) is 4. The normalized spacial score (nSPS) is 19.6. The van der Waals surface area contributed by atoms with E-state index in [0.717, 1.165) is 50.3 Å². The van der Waals surface area contributed by atoms with E-state index in [4.69, 9.17) is 0 Å². The second-order valence-corrected chi connectivity index (χ2v) is 5.14. The molecular formula is C15H24N4O. The van der Waals surface area contributed by atoms with E-state index in [2.05, 4.69) is 33.5 Å². The van der Waals surface area contributed by atoms with Crippen LogP contribution in [-0.2, 0) is 11.3 Å². The number of rotatable bonds is 5. The zero-order valence-corrected chi connectivity index (χ0v) is 12.4. The van der Waals surface area contributed by atoms with Gasteiger partial charge >= 0.3 is 0 Å². The fourth-order valence-corrected chi connectivity index (χ4v) is 2.76. The molecule has 1 aromatic heterocycles.